The number of methoxy groups -OCH3 is 3. The van der Waals surface area contributed by atoms with E-state index in [1.165, 1.54) is 36.0 Å². The van der Waals surface area contributed by atoms with Crippen molar-refractivity contribution in [2.45, 2.75) is 317 Å². The Morgan fingerprint density at radius 1 is 0.401 bits per heavy atom. The van der Waals surface area contributed by atoms with E-state index in [0.29, 0.717) is 92.4 Å². The average molecular weight is 1990 g/mol. The zero-order chi connectivity index (χ0) is 103. The number of carboxylic acid groups (broad SMARTS) is 2. The molecule has 3 aromatic carbocycles. The summed E-state index contributed by atoms with van der Waals surface area (Å²) in [4.78, 5) is 152. The van der Waals surface area contributed by atoms with Gasteiger partial charge < -0.3 is 72.3 Å². The largest absolute Gasteiger partial charge is 0.497 e. The molecule has 2 N–H and O–H groups in total. The third-order valence-corrected chi connectivity index (χ3v) is 30.1. The number of ether oxygens (including phenoxy) is 10. The summed E-state index contributed by atoms with van der Waals surface area (Å²) in [7, 11) is 4.45. The second-order valence-electron chi connectivity index (χ2n) is 44.5. The Morgan fingerprint density at radius 3 is 1.15 bits per heavy atom. The van der Waals surface area contributed by atoms with E-state index in [1.807, 2.05) is 86.6 Å². The predicted octanol–water partition coefficient (Wildman–Crippen LogP) is 18.7. The monoisotopic (exact) mass is 1990 g/mol. The van der Waals surface area contributed by atoms with Gasteiger partial charge >= 0.3 is 35.8 Å². The smallest absolute Gasteiger partial charge is 0.329 e. The van der Waals surface area contributed by atoms with E-state index in [4.69, 9.17) is 47.4 Å². The molecule has 9 heterocycles. The first-order chi connectivity index (χ1) is 66.7. The Bertz CT molecular complexity index is 5670. The lowest BCUT2D eigenvalue weighted by Gasteiger charge is -2.35. The molecule has 16 rings (SSSR count). The molecular formula is C106H137F6N9O21. The lowest BCUT2D eigenvalue weighted by Crippen LogP contribution is -2.50. The van der Waals surface area contributed by atoms with Crippen molar-refractivity contribution in [3.05, 3.63) is 96.0 Å². The van der Waals surface area contributed by atoms with Crippen molar-refractivity contribution in [2.75, 3.05) is 41.0 Å². The number of amides is 3. The number of rotatable bonds is 6. The van der Waals surface area contributed by atoms with E-state index in [0.717, 1.165) is 19.3 Å². The lowest BCUT2D eigenvalue weighted by molar-refractivity contribution is -0.167. The second-order valence-corrected chi connectivity index (χ2v) is 44.5. The molecule has 30 nitrogen and oxygen atoms in total. The summed E-state index contributed by atoms with van der Waals surface area (Å²) in [5.74, 6) is -20.2. The predicted molar refractivity (Wildman–Crippen MR) is 509 cm³/mol. The van der Waals surface area contributed by atoms with E-state index in [9.17, 15) is 53.4 Å². The van der Waals surface area contributed by atoms with Crippen LogP contribution in [0.25, 0.3) is 33.1 Å². The van der Waals surface area contributed by atoms with Gasteiger partial charge in [-0.1, -0.05) is 127 Å². The first kappa shape index (κ1) is 107. The summed E-state index contributed by atoms with van der Waals surface area (Å²) in [5.41, 5.74) is -3.23. The van der Waals surface area contributed by atoms with Gasteiger partial charge in [-0.05, 0) is 168 Å². The Balaban J connectivity index is 0.000000169. The van der Waals surface area contributed by atoms with Crippen LogP contribution in [0.15, 0.2) is 78.9 Å². The molecule has 20 atom stereocenters. The number of carbonyl (C=O) groups excluding carboxylic acids is 7. The number of benzene rings is 3. The maximum Gasteiger partial charge on any atom is 0.329 e. The Kier molecular flexibility index (Phi) is 32.0. The third-order valence-electron chi connectivity index (χ3n) is 30.1. The van der Waals surface area contributed by atoms with Crippen LogP contribution in [0.4, 0.5) is 26.3 Å². The van der Waals surface area contributed by atoms with Gasteiger partial charge in [-0.15, -0.1) is 0 Å². The maximum absolute atomic E-state index is 16.3. The molecule has 6 aromatic rings. The van der Waals surface area contributed by atoms with Gasteiger partial charge in [0.25, 0.3) is 17.8 Å². The Labute approximate surface area is 824 Å². The SMILES string of the molecule is COc1ccc2nc3c(nc2c1)O[C@H]1CN(C(=O)[C@H](C(C)(C)C)CC(=O)O[C@@H]2CC=CC[C@H]2CCCCC3(F)F)[C@H](C(=O)O)[C@@H]1C.COc1ccc2nc3c(nc2c1)O[C@H]1CN(C(=O)[C@H](C(C)(C)C)CC(=O)O[C@@H]2CCC=C[C@H]2CCCCC3(F)F)[C@H](C(=O)O)[C@@H]1C.COc1ccc2nc3c(nc2c1)O[C@H]1CN(C(=O)[C@H](C(C)(C)C)CC(=O)O[C@@H]2C[C@@H]4C[C@@H]4[C@H]2CCCCC3(F)F)[C@H](C(=O)OC(C)(C)C)[C@@H]1C. The van der Waals surface area contributed by atoms with Gasteiger partial charge in [0.05, 0.1) is 111 Å². The summed E-state index contributed by atoms with van der Waals surface area (Å²) in [6, 6.07) is 10.5. The minimum atomic E-state index is -3.42. The molecular weight excluding hydrogens is 1850 g/mol. The molecule has 3 amide bonds. The van der Waals surface area contributed by atoms with Gasteiger partial charge in [0.2, 0.25) is 35.4 Å². The van der Waals surface area contributed by atoms with Crippen molar-refractivity contribution in [1.29, 1.82) is 0 Å². The molecule has 6 bridgehead atoms. The van der Waals surface area contributed by atoms with E-state index in [-0.39, 0.29) is 115 Å². The van der Waals surface area contributed by atoms with Crippen molar-refractivity contribution < 1.29 is 127 Å². The van der Waals surface area contributed by atoms with Crippen LogP contribution in [-0.4, -0.2) is 210 Å². The topological polar surface area (TPSA) is 373 Å². The molecule has 5 fully saturated rings. The average Bonchev–Trinajstić information content (AvgIpc) is 1.60. The number of halogens is 6. The number of aromatic nitrogens is 6. The zero-order valence-corrected chi connectivity index (χ0v) is 84.5. The Morgan fingerprint density at radius 2 is 0.768 bits per heavy atom. The number of alkyl halides is 6. The van der Waals surface area contributed by atoms with Crippen molar-refractivity contribution in [1.82, 2.24) is 44.6 Å². The van der Waals surface area contributed by atoms with Gasteiger partial charge in [0.15, 0.2) is 17.1 Å². The molecule has 0 radical (unpaired) electrons. The van der Waals surface area contributed by atoms with Crippen molar-refractivity contribution in [3.8, 4) is 34.9 Å². The first-order valence-electron chi connectivity index (χ1n) is 50.0. The highest BCUT2D eigenvalue weighted by molar-refractivity contribution is 5.92. The van der Waals surface area contributed by atoms with Gasteiger partial charge in [0.1, 0.15) is 77.6 Å². The fraction of sp³-hybridized carbons (Fsp3) is 0.651. The van der Waals surface area contributed by atoms with Crippen LogP contribution >= 0.6 is 0 Å². The normalized spacial score (nSPS) is 30.1. The number of hydrogen-bond acceptors (Lipinski definition) is 25. The van der Waals surface area contributed by atoms with E-state index >= 15 is 26.3 Å². The fourth-order valence-electron chi connectivity index (χ4n) is 21.8. The second kappa shape index (κ2) is 42.6. The highest BCUT2D eigenvalue weighted by Crippen LogP contribution is 2.59. The van der Waals surface area contributed by atoms with Crippen LogP contribution in [0.5, 0.6) is 34.9 Å². The molecule has 142 heavy (non-hydrogen) atoms. The van der Waals surface area contributed by atoms with Crippen LogP contribution in [0.3, 0.4) is 0 Å². The lowest BCUT2D eigenvalue weighted by atomic mass is 9.77. The molecule has 3 saturated heterocycles. The number of carbonyl (C=O) groups is 9. The summed E-state index contributed by atoms with van der Waals surface area (Å²) in [5, 5.41) is 20.5. The fourth-order valence-corrected chi connectivity index (χ4v) is 21.8. The summed E-state index contributed by atoms with van der Waals surface area (Å²) < 4.78 is 155. The van der Waals surface area contributed by atoms with Crippen LogP contribution < -0.4 is 28.4 Å². The van der Waals surface area contributed by atoms with Crippen molar-refractivity contribution in [2.24, 2.45) is 81.3 Å². The molecule has 3 aromatic heterocycles. The minimum absolute atomic E-state index is 0.0452. The van der Waals surface area contributed by atoms with Crippen LogP contribution in [0, 0.1) is 81.3 Å². The number of hydrogen-bond donors (Lipinski definition) is 2. The molecule has 2 saturated carbocycles. The molecule has 10 aliphatic rings. The number of allylic oxidation sites excluding steroid dienone is 2. The van der Waals surface area contributed by atoms with Gasteiger partial charge in [-0.25, -0.2) is 44.3 Å². The number of aliphatic carboxylic acids is 2. The summed E-state index contributed by atoms with van der Waals surface area (Å²) in [6.07, 6.45) is 10.0. The number of nitrogens with zero attached hydrogens (tertiary/aromatic N) is 9. The van der Waals surface area contributed by atoms with Gasteiger partial charge in [-0.3, -0.25) is 28.8 Å². The quantitative estimate of drug-likeness (QED) is 0.0677. The summed E-state index contributed by atoms with van der Waals surface area (Å²) >= 11 is 0. The zero-order valence-electron chi connectivity index (χ0n) is 84.5. The summed E-state index contributed by atoms with van der Waals surface area (Å²) in [6.45, 7) is 26.2. The molecule has 774 valence electrons. The van der Waals surface area contributed by atoms with E-state index < -0.39 is 225 Å². The number of fused-ring (bicyclic) bond motifs is 17. The number of esters is 4. The maximum atomic E-state index is 16.3. The molecule has 0 spiro atoms. The highest BCUT2D eigenvalue weighted by Gasteiger charge is 2.59. The molecule has 36 heteroatoms. The van der Waals surface area contributed by atoms with Crippen LogP contribution in [0.2, 0.25) is 0 Å². The minimum Gasteiger partial charge on any atom is -0.497 e. The van der Waals surface area contributed by atoms with E-state index in [1.54, 1.807) is 96.1 Å². The van der Waals surface area contributed by atoms with Crippen LogP contribution in [0.1, 0.15) is 256 Å². The van der Waals surface area contributed by atoms with Gasteiger partial charge in [-0.2, -0.15) is 26.3 Å². The standard InChI is InChI=1S/C38H51F2N3O7.2C34H43F2N3O7/c1-20-29-19-43(31(20)35(46)50-37(5,6)7)34(45)25(36(2,3)4)18-30(44)48-28-16-21-15-24(21)23(28)11-9-10-14-38(39,40)32-33(49-29)42-27-17-22(47-8)12-13-26(27)41-32;2*1-19-26-18-39(28(19)32(42)43)31(41)22(33(2,3)4)17-27(40)45-25-12-7-6-10-20(25)11-8-9-15-34(35,36)29-30(46-26)38-24-16-21(44-5)13-14-23(24)37-29/h12-13,17,20-21,23-25,28-29,31H,9-11,14-16,18-19H2,1-8H3;6,10,13-14,16,19-20,22,25-26,28H,7-9,11-12,15,17-18H2,1-5H3,(H,42,43);6-7,13-14,16,19-20,22,25-26,28H,8-12,15,17-18H2,1-5H3,(H,42,43)/t20-,21+,23-,24+,25-,28-,29+,31+;2*19-,20+,22-,25-,26+,28+/m111/s1. The van der Waals surface area contributed by atoms with Crippen LogP contribution in [-0.2, 0) is 79.9 Å². The highest BCUT2D eigenvalue weighted by atomic mass is 19.3. The van der Waals surface area contributed by atoms with Gasteiger partial charge in [0, 0.05) is 67.6 Å². The molecule has 0 unspecified atom stereocenters. The Hall–Kier alpha value is -11.2. The van der Waals surface area contributed by atoms with Crippen molar-refractivity contribution in [3.63, 3.8) is 0 Å². The van der Waals surface area contributed by atoms with E-state index in [2.05, 4.69) is 29.9 Å². The third kappa shape index (κ3) is 24.2. The number of carboxylic acids is 2. The molecule has 4 aliphatic carbocycles. The van der Waals surface area contributed by atoms with Crippen molar-refractivity contribution >= 4 is 86.6 Å². The molecule has 6 aliphatic heterocycles. The first-order valence-corrected chi connectivity index (χ1v) is 50.0.